The van der Waals surface area contributed by atoms with Crippen molar-refractivity contribution >= 4 is 22.6 Å². The lowest BCUT2D eigenvalue weighted by molar-refractivity contribution is -0.121. The first-order valence-corrected chi connectivity index (χ1v) is 8.16. The predicted octanol–water partition coefficient (Wildman–Crippen LogP) is 2.57. The van der Waals surface area contributed by atoms with Gasteiger partial charge in [-0.05, 0) is 34.5 Å². The number of ether oxygens (including phenoxy) is 2. The number of amides is 2. The Bertz CT molecular complexity index is 995. The van der Waals surface area contributed by atoms with Gasteiger partial charge in [0.05, 0.1) is 6.42 Å². The summed E-state index contributed by atoms with van der Waals surface area (Å²) in [7, 11) is 0. The molecule has 0 unspecified atom stereocenters. The quantitative estimate of drug-likeness (QED) is 0.713. The van der Waals surface area contributed by atoms with Gasteiger partial charge in [-0.25, -0.2) is 0 Å². The molecule has 0 spiro atoms. The molecule has 1 aliphatic rings. The molecule has 6 heteroatoms. The monoisotopic (exact) mass is 348 g/mol. The zero-order valence-electron chi connectivity index (χ0n) is 13.8. The Labute approximate surface area is 149 Å². The van der Waals surface area contributed by atoms with E-state index >= 15 is 0 Å². The molecular formula is C20H16N2O4. The van der Waals surface area contributed by atoms with Crippen LogP contribution in [0.5, 0.6) is 11.5 Å². The van der Waals surface area contributed by atoms with E-state index in [1.54, 1.807) is 18.2 Å². The molecule has 0 aliphatic carbocycles. The topological polar surface area (TPSA) is 76.7 Å². The first kappa shape index (κ1) is 16.0. The highest BCUT2D eigenvalue weighted by Crippen LogP contribution is 2.32. The fourth-order valence-electron chi connectivity index (χ4n) is 2.90. The largest absolute Gasteiger partial charge is 0.454 e. The average molecular weight is 348 g/mol. The third kappa shape index (κ3) is 3.17. The molecule has 0 aromatic heterocycles. The van der Waals surface area contributed by atoms with Crippen LogP contribution in [0.1, 0.15) is 15.9 Å². The van der Waals surface area contributed by atoms with Crippen LogP contribution >= 0.6 is 0 Å². The lowest BCUT2D eigenvalue weighted by Gasteiger charge is -2.09. The summed E-state index contributed by atoms with van der Waals surface area (Å²) in [6.07, 6.45) is 0.169. The summed E-state index contributed by atoms with van der Waals surface area (Å²) in [5.74, 6) is 0.395. The molecule has 0 fully saturated rings. The van der Waals surface area contributed by atoms with Crippen LogP contribution in [-0.4, -0.2) is 18.6 Å². The Morgan fingerprint density at radius 3 is 2.62 bits per heavy atom. The molecule has 3 aromatic rings. The van der Waals surface area contributed by atoms with Crippen LogP contribution in [0.4, 0.5) is 0 Å². The van der Waals surface area contributed by atoms with Crippen LogP contribution in [-0.2, 0) is 11.2 Å². The van der Waals surface area contributed by atoms with E-state index < -0.39 is 5.91 Å². The second kappa shape index (κ2) is 6.76. The van der Waals surface area contributed by atoms with Gasteiger partial charge in [-0.1, -0.05) is 42.5 Å². The van der Waals surface area contributed by atoms with Crippen molar-refractivity contribution in [2.24, 2.45) is 0 Å². The molecule has 0 saturated carbocycles. The van der Waals surface area contributed by atoms with Gasteiger partial charge in [0.2, 0.25) is 12.7 Å². The lowest BCUT2D eigenvalue weighted by Crippen LogP contribution is -2.42. The molecule has 130 valence electrons. The summed E-state index contributed by atoms with van der Waals surface area (Å²) in [5, 5.41) is 2.09. The number of fused-ring (bicyclic) bond motifs is 2. The molecule has 3 aromatic carbocycles. The minimum absolute atomic E-state index is 0.141. The fourth-order valence-corrected chi connectivity index (χ4v) is 2.90. The van der Waals surface area contributed by atoms with E-state index in [9.17, 15) is 9.59 Å². The highest BCUT2D eigenvalue weighted by molar-refractivity contribution is 5.96. The van der Waals surface area contributed by atoms with Crippen molar-refractivity contribution in [1.82, 2.24) is 10.9 Å². The van der Waals surface area contributed by atoms with Crippen molar-refractivity contribution in [1.29, 1.82) is 0 Å². The van der Waals surface area contributed by atoms with E-state index in [1.807, 2.05) is 42.5 Å². The number of nitrogens with one attached hydrogen (secondary N) is 2. The van der Waals surface area contributed by atoms with Crippen molar-refractivity contribution in [3.05, 3.63) is 71.8 Å². The van der Waals surface area contributed by atoms with Crippen LogP contribution in [0.2, 0.25) is 0 Å². The summed E-state index contributed by atoms with van der Waals surface area (Å²) < 4.78 is 10.5. The molecule has 0 saturated heterocycles. The zero-order chi connectivity index (χ0) is 17.9. The first-order valence-electron chi connectivity index (χ1n) is 8.16. The van der Waals surface area contributed by atoms with Gasteiger partial charge in [-0.3, -0.25) is 20.4 Å². The standard InChI is InChI=1S/C20H16N2O4/c23-19(11-14-6-3-5-13-4-1-2-7-16(13)14)21-22-20(24)15-8-9-17-18(10-15)26-12-25-17/h1-10H,11-12H2,(H,21,23)(H,22,24). The highest BCUT2D eigenvalue weighted by atomic mass is 16.7. The van der Waals surface area contributed by atoms with Crippen molar-refractivity contribution in [3.63, 3.8) is 0 Å². The van der Waals surface area contributed by atoms with E-state index in [0.29, 0.717) is 17.1 Å². The van der Waals surface area contributed by atoms with E-state index in [1.165, 1.54) is 0 Å². The Hall–Kier alpha value is -3.54. The summed E-state index contributed by atoms with van der Waals surface area (Å²) in [6, 6.07) is 18.5. The van der Waals surface area contributed by atoms with Crippen molar-refractivity contribution in [2.75, 3.05) is 6.79 Å². The molecule has 4 rings (SSSR count). The molecule has 1 heterocycles. The predicted molar refractivity (Wildman–Crippen MR) is 95.8 cm³/mol. The second-order valence-electron chi connectivity index (χ2n) is 5.89. The first-order chi connectivity index (χ1) is 12.7. The second-order valence-corrected chi connectivity index (χ2v) is 5.89. The fraction of sp³-hybridized carbons (Fsp3) is 0.100. The molecule has 0 bridgehead atoms. The number of rotatable bonds is 3. The van der Waals surface area contributed by atoms with Crippen LogP contribution < -0.4 is 20.3 Å². The summed E-state index contributed by atoms with van der Waals surface area (Å²) in [6.45, 7) is 0.141. The SMILES string of the molecule is O=C(Cc1cccc2ccccc12)NNC(=O)c1ccc2c(c1)OCO2. The van der Waals surface area contributed by atoms with Gasteiger partial charge >= 0.3 is 0 Å². The number of carbonyl (C=O) groups is 2. The van der Waals surface area contributed by atoms with Gasteiger partial charge in [-0.15, -0.1) is 0 Å². The normalized spacial score (nSPS) is 12.0. The summed E-state index contributed by atoms with van der Waals surface area (Å²) >= 11 is 0. The van der Waals surface area contributed by atoms with Gasteiger partial charge in [0.1, 0.15) is 0 Å². The van der Waals surface area contributed by atoms with Crippen LogP contribution in [0, 0.1) is 0 Å². The lowest BCUT2D eigenvalue weighted by atomic mass is 10.0. The van der Waals surface area contributed by atoms with Crippen LogP contribution in [0.25, 0.3) is 10.8 Å². The highest BCUT2D eigenvalue weighted by Gasteiger charge is 2.16. The zero-order valence-corrected chi connectivity index (χ0v) is 13.8. The molecule has 2 amide bonds. The van der Waals surface area contributed by atoms with Crippen molar-refractivity contribution < 1.29 is 19.1 Å². The number of carbonyl (C=O) groups excluding carboxylic acids is 2. The van der Waals surface area contributed by atoms with Gasteiger partial charge in [-0.2, -0.15) is 0 Å². The maximum Gasteiger partial charge on any atom is 0.269 e. The Morgan fingerprint density at radius 2 is 1.69 bits per heavy atom. The summed E-state index contributed by atoms with van der Waals surface area (Å²) in [4.78, 5) is 24.4. The number of hydrogen-bond donors (Lipinski definition) is 2. The maximum absolute atomic E-state index is 12.2. The van der Waals surface area contributed by atoms with E-state index in [2.05, 4.69) is 10.9 Å². The molecule has 0 radical (unpaired) electrons. The Kier molecular flexibility index (Phi) is 4.15. The van der Waals surface area contributed by atoms with Crippen LogP contribution in [0.3, 0.4) is 0 Å². The molecule has 26 heavy (non-hydrogen) atoms. The Morgan fingerprint density at radius 1 is 0.885 bits per heavy atom. The van der Waals surface area contributed by atoms with Crippen LogP contribution in [0.15, 0.2) is 60.7 Å². The average Bonchev–Trinajstić information content (AvgIpc) is 3.14. The smallest absolute Gasteiger partial charge is 0.269 e. The number of benzene rings is 3. The van der Waals surface area contributed by atoms with E-state index in [0.717, 1.165) is 16.3 Å². The molecule has 6 nitrogen and oxygen atoms in total. The van der Waals surface area contributed by atoms with Gasteiger partial charge in [0, 0.05) is 5.56 Å². The molecule has 1 aliphatic heterocycles. The molecular weight excluding hydrogens is 332 g/mol. The third-order valence-electron chi connectivity index (χ3n) is 4.18. The minimum atomic E-state index is -0.422. The molecule has 0 atom stereocenters. The van der Waals surface area contributed by atoms with E-state index in [4.69, 9.17) is 9.47 Å². The Balaban J connectivity index is 1.40. The molecule has 2 N–H and O–H groups in total. The minimum Gasteiger partial charge on any atom is -0.454 e. The third-order valence-corrected chi connectivity index (χ3v) is 4.18. The van der Waals surface area contributed by atoms with Gasteiger partial charge in [0.15, 0.2) is 11.5 Å². The number of hydrogen-bond acceptors (Lipinski definition) is 4. The maximum atomic E-state index is 12.2. The summed E-state index contributed by atoms with van der Waals surface area (Å²) in [5.41, 5.74) is 6.15. The van der Waals surface area contributed by atoms with Crippen molar-refractivity contribution in [2.45, 2.75) is 6.42 Å². The van der Waals surface area contributed by atoms with E-state index in [-0.39, 0.29) is 19.1 Å². The van der Waals surface area contributed by atoms with Crippen molar-refractivity contribution in [3.8, 4) is 11.5 Å². The number of hydrazine groups is 1. The van der Waals surface area contributed by atoms with Gasteiger partial charge < -0.3 is 9.47 Å². The van der Waals surface area contributed by atoms with Gasteiger partial charge in [0.25, 0.3) is 5.91 Å².